The molecule has 2 saturated heterocycles. The Morgan fingerprint density at radius 3 is 2.50 bits per heavy atom. The zero-order chi connectivity index (χ0) is 8.77. The molecule has 2 aliphatic heterocycles. The molecule has 2 aliphatic rings. The van der Waals surface area contributed by atoms with Crippen molar-refractivity contribution >= 4 is 9.84 Å². The van der Waals surface area contributed by atoms with Crippen LogP contribution in [0.3, 0.4) is 0 Å². The predicted octanol–water partition coefficient (Wildman–Crippen LogP) is 0.477. The van der Waals surface area contributed by atoms with Gasteiger partial charge in [-0.05, 0) is 25.7 Å². The van der Waals surface area contributed by atoms with Crippen molar-refractivity contribution in [1.29, 1.82) is 0 Å². The highest BCUT2D eigenvalue weighted by molar-refractivity contribution is 7.92. The molecule has 3 atom stereocenters. The van der Waals surface area contributed by atoms with E-state index in [0.29, 0.717) is 19.3 Å². The van der Waals surface area contributed by atoms with Crippen LogP contribution in [0, 0.1) is 0 Å². The smallest absolute Gasteiger partial charge is 0.158 e. The lowest BCUT2D eigenvalue weighted by molar-refractivity contribution is 0.134. The molecule has 2 bridgehead atoms. The maximum Gasteiger partial charge on any atom is 0.158 e. The Bertz CT molecular complexity index is 270. The van der Waals surface area contributed by atoms with Crippen molar-refractivity contribution < 1.29 is 13.5 Å². The lowest BCUT2D eigenvalue weighted by Gasteiger charge is -2.37. The number of rotatable bonds is 0. The summed E-state index contributed by atoms with van der Waals surface area (Å²) in [6.07, 6.45) is 3.19. The molecule has 0 aromatic rings. The number of aliphatic hydroxyl groups excluding tert-OH is 1. The summed E-state index contributed by atoms with van der Waals surface area (Å²) in [7, 11) is -2.96. The lowest BCUT2D eigenvalue weighted by atomic mass is 9.97. The van der Waals surface area contributed by atoms with Gasteiger partial charge in [0.05, 0.1) is 16.6 Å². The molecule has 2 rings (SSSR count). The average molecular weight is 190 g/mol. The maximum absolute atomic E-state index is 11.6. The van der Waals surface area contributed by atoms with Crippen molar-refractivity contribution in [1.82, 2.24) is 0 Å². The first-order valence-electron chi connectivity index (χ1n) is 4.53. The monoisotopic (exact) mass is 190 g/mol. The average Bonchev–Trinajstić information content (AvgIpc) is 1.95. The van der Waals surface area contributed by atoms with Crippen LogP contribution < -0.4 is 0 Å². The summed E-state index contributed by atoms with van der Waals surface area (Å²) in [5.41, 5.74) is 0. The Labute approximate surface area is 72.7 Å². The van der Waals surface area contributed by atoms with Crippen molar-refractivity contribution in [2.24, 2.45) is 0 Å². The van der Waals surface area contributed by atoms with E-state index in [1.807, 2.05) is 0 Å². The van der Waals surface area contributed by atoms with Gasteiger partial charge in [0.15, 0.2) is 9.84 Å². The van der Waals surface area contributed by atoms with E-state index >= 15 is 0 Å². The van der Waals surface area contributed by atoms with Gasteiger partial charge in [0.25, 0.3) is 0 Å². The maximum atomic E-state index is 11.6. The van der Waals surface area contributed by atoms with Gasteiger partial charge in [-0.3, -0.25) is 0 Å². The minimum Gasteiger partial charge on any atom is -0.392 e. The van der Waals surface area contributed by atoms with Gasteiger partial charge in [0, 0.05) is 0 Å². The molecule has 0 unspecified atom stereocenters. The van der Waals surface area contributed by atoms with Gasteiger partial charge in [-0.25, -0.2) is 8.42 Å². The third kappa shape index (κ3) is 1.09. The van der Waals surface area contributed by atoms with Crippen LogP contribution in [0.25, 0.3) is 0 Å². The van der Waals surface area contributed by atoms with Crippen LogP contribution in [0.5, 0.6) is 0 Å². The standard InChI is InChI=1S/C8H14O3S/c9-7-5-4-6-2-1-3-8(7)12(6,10)11/h6-9H,1-5H2/t6-,7+,8+/m1/s1. The Morgan fingerprint density at radius 2 is 1.83 bits per heavy atom. The van der Waals surface area contributed by atoms with Gasteiger partial charge in [0.1, 0.15) is 0 Å². The lowest BCUT2D eigenvalue weighted by Crippen LogP contribution is -2.47. The molecule has 2 heterocycles. The van der Waals surface area contributed by atoms with Crippen LogP contribution >= 0.6 is 0 Å². The van der Waals surface area contributed by atoms with Crippen LogP contribution in [0.15, 0.2) is 0 Å². The molecule has 2 fully saturated rings. The highest BCUT2D eigenvalue weighted by Crippen LogP contribution is 2.36. The highest BCUT2D eigenvalue weighted by Gasteiger charge is 2.45. The van der Waals surface area contributed by atoms with Crippen molar-refractivity contribution in [3.8, 4) is 0 Å². The first-order valence-corrected chi connectivity index (χ1v) is 6.14. The first-order chi connectivity index (χ1) is 5.62. The molecule has 0 spiro atoms. The summed E-state index contributed by atoms with van der Waals surface area (Å²) in [4.78, 5) is 0. The van der Waals surface area contributed by atoms with E-state index < -0.39 is 21.2 Å². The summed E-state index contributed by atoms with van der Waals surface area (Å²) in [5, 5.41) is 8.90. The molecule has 12 heavy (non-hydrogen) atoms. The minimum atomic E-state index is -2.96. The predicted molar refractivity (Wildman–Crippen MR) is 45.6 cm³/mol. The molecule has 0 radical (unpaired) electrons. The molecular formula is C8H14O3S. The van der Waals surface area contributed by atoms with Crippen LogP contribution in [0.1, 0.15) is 32.1 Å². The largest absolute Gasteiger partial charge is 0.392 e. The number of hydrogen-bond donors (Lipinski definition) is 1. The van der Waals surface area contributed by atoms with Gasteiger partial charge in [0.2, 0.25) is 0 Å². The van der Waals surface area contributed by atoms with E-state index in [1.54, 1.807) is 0 Å². The molecule has 3 nitrogen and oxygen atoms in total. The van der Waals surface area contributed by atoms with Crippen LogP contribution in [0.4, 0.5) is 0 Å². The van der Waals surface area contributed by atoms with E-state index in [-0.39, 0.29) is 5.25 Å². The number of fused-ring (bicyclic) bond motifs is 2. The Hall–Kier alpha value is -0.0900. The second-order valence-corrected chi connectivity index (χ2v) is 6.28. The SMILES string of the molecule is O=S1(=O)[C@@H]2CCC[C@H]1[C@@H](O)CC2. The zero-order valence-corrected chi connectivity index (χ0v) is 7.76. The topological polar surface area (TPSA) is 54.4 Å². The molecule has 4 heteroatoms. The van der Waals surface area contributed by atoms with Crippen molar-refractivity contribution in [2.45, 2.75) is 48.7 Å². The summed E-state index contributed by atoms with van der Waals surface area (Å²) >= 11 is 0. The first kappa shape index (κ1) is 8.51. The zero-order valence-electron chi connectivity index (χ0n) is 6.94. The Kier molecular flexibility index (Phi) is 1.92. The summed E-state index contributed by atoms with van der Waals surface area (Å²) < 4.78 is 23.3. The minimum absolute atomic E-state index is 0.139. The van der Waals surface area contributed by atoms with Gasteiger partial charge in [-0.15, -0.1) is 0 Å². The summed E-state index contributed by atoms with van der Waals surface area (Å²) in [6, 6.07) is 0. The fraction of sp³-hybridized carbons (Fsp3) is 1.00. The van der Waals surface area contributed by atoms with Gasteiger partial charge < -0.3 is 5.11 Å². The Morgan fingerprint density at radius 1 is 1.08 bits per heavy atom. The molecular weight excluding hydrogens is 176 g/mol. The van der Waals surface area contributed by atoms with Gasteiger partial charge >= 0.3 is 0 Å². The van der Waals surface area contributed by atoms with E-state index in [4.69, 9.17) is 0 Å². The van der Waals surface area contributed by atoms with E-state index in [2.05, 4.69) is 0 Å². The van der Waals surface area contributed by atoms with E-state index in [1.165, 1.54) is 0 Å². The normalized spacial score (nSPS) is 45.6. The van der Waals surface area contributed by atoms with Crippen molar-refractivity contribution in [3.63, 3.8) is 0 Å². The second-order valence-electron chi connectivity index (χ2n) is 3.83. The van der Waals surface area contributed by atoms with Crippen LogP contribution in [-0.4, -0.2) is 30.1 Å². The number of hydrogen-bond acceptors (Lipinski definition) is 3. The van der Waals surface area contributed by atoms with Gasteiger partial charge in [-0.1, -0.05) is 6.42 Å². The van der Waals surface area contributed by atoms with Gasteiger partial charge in [-0.2, -0.15) is 0 Å². The third-order valence-electron chi connectivity index (χ3n) is 3.11. The Balaban J connectivity index is 2.34. The molecule has 0 aromatic heterocycles. The van der Waals surface area contributed by atoms with Crippen LogP contribution in [-0.2, 0) is 9.84 Å². The van der Waals surface area contributed by atoms with E-state index in [9.17, 15) is 13.5 Å². The number of sulfone groups is 1. The second kappa shape index (κ2) is 2.70. The number of aliphatic hydroxyl groups is 1. The van der Waals surface area contributed by atoms with Crippen molar-refractivity contribution in [3.05, 3.63) is 0 Å². The molecule has 0 aromatic carbocycles. The fourth-order valence-corrected chi connectivity index (χ4v) is 4.91. The van der Waals surface area contributed by atoms with E-state index in [0.717, 1.165) is 12.8 Å². The summed E-state index contributed by atoms with van der Waals surface area (Å²) in [5.74, 6) is 0. The fourth-order valence-electron chi connectivity index (χ4n) is 2.38. The third-order valence-corrected chi connectivity index (χ3v) is 5.91. The molecule has 70 valence electrons. The molecule has 0 saturated carbocycles. The molecule has 0 amide bonds. The molecule has 0 aliphatic carbocycles. The molecule has 1 N–H and O–H groups in total. The van der Waals surface area contributed by atoms with Crippen molar-refractivity contribution in [2.75, 3.05) is 0 Å². The van der Waals surface area contributed by atoms with Crippen LogP contribution in [0.2, 0.25) is 0 Å². The highest BCUT2D eigenvalue weighted by atomic mass is 32.2. The quantitative estimate of drug-likeness (QED) is 0.604. The summed E-state index contributed by atoms with van der Waals surface area (Å²) in [6.45, 7) is 0.